The third-order valence-electron chi connectivity index (χ3n) is 4.44. The number of aromatic nitrogens is 4. The van der Waals surface area contributed by atoms with Gasteiger partial charge in [-0.05, 0) is 36.2 Å². The quantitative estimate of drug-likeness (QED) is 0.525. The van der Waals surface area contributed by atoms with Gasteiger partial charge in [-0.2, -0.15) is 5.10 Å². The predicted molar refractivity (Wildman–Crippen MR) is 112 cm³/mol. The maximum Gasteiger partial charge on any atom is 0.241 e. The van der Waals surface area contributed by atoms with E-state index in [0.29, 0.717) is 24.7 Å². The second-order valence-electron chi connectivity index (χ2n) is 6.97. The van der Waals surface area contributed by atoms with Gasteiger partial charge < -0.3 is 15.4 Å². The SMILES string of the molecule is COc1cc(-c2cc(C(C)C)n(CC(=O)NCCNc3ncccn3)n2)ccc1F. The van der Waals surface area contributed by atoms with Crippen LogP contribution in [0.25, 0.3) is 11.3 Å². The van der Waals surface area contributed by atoms with Crippen molar-refractivity contribution in [2.45, 2.75) is 26.3 Å². The molecule has 0 unspecified atom stereocenters. The second kappa shape index (κ2) is 9.82. The molecule has 9 heteroatoms. The Labute approximate surface area is 174 Å². The number of carbonyl (C=O) groups excluding carboxylic acids is 1. The fraction of sp³-hybridized carbons (Fsp3) is 0.333. The zero-order valence-corrected chi connectivity index (χ0v) is 17.2. The van der Waals surface area contributed by atoms with Gasteiger partial charge in [0.1, 0.15) is 6.54 Å². The van der Waals surface area contributed by atoms with Crippen LogP contribution < -0.4 is 15.4 Å². The van der Waals surface area contributed by atoms with Gasteiger partial charge in [-0.3, -0.25) is 9.48 Å². The van der Waals surface area contributed by atoms with E-state index in [2.05, 4.69) is 25.7 Å². The summed E-state index contributed by atoms with van der Waals surface area (Å²) in [6.07, 6.45) is 3.29. The molecule has 1 aromatic carbocycles. The molecule has 0 aliphatic carbocycles. The van der Waals surface area contributed by atoms with Crippen LogP contribution in [0.15, 0.2) is 42.7 Å². The zero-order valence-electron chi connectivity index (χ0n) is 17.2. The molecule has 2 N–H and O–H groups in total. The topological polar surface area (TPSA) is 94.0 Å². The number of rotatable bonds is 9. The number of hydrogen-bond donors (Lipinski definition) is 2. The molecule has 2 heterocycles. The third-order valence-corrected chi connectivity index (χ3v) is 4.44. The van der Waals surface area contributed by atoms with Crippen LogP contribution in [0.4, 0.5) is 10.3 Å². The van der Waals surface area contributed by atoms with Gasteiger partial charge in [0, 0.05) is 36.7 Å². The van der Waals surface area contributed by atoms with Gasteiger partial charge in [0.25, 0.3) is 0 Å². The van der Waals surface area contributed by atoms with Crippen LogP contribution in [0.2, 0.25) is 0 Å². The minimum atomic E-state index is -0.432. The van der Waals surface area contributed by atoms with Gasteiger partial charge in [-0.1, -0.05) is 13.8 Å². The lowest BCUT2D eigenvalue weighted by Crippen LogP contribution is -2.32. The molecule has 2 aromatic heterocycles. The second-order valence-corrected chi connectivity index (χ2v) is 6.97. The van der Waals surface area contributed by atoms with E-state index >= 15 is 0 Å². The number of nitrogens with one attached hydrogen (secondary N) is 2. The minimum Gasteiger partial charge on any atom is -0.494 e. The summed E-state index contributed by atoms with van der Waals surface area (Å²) in [4.78, 5) is 20.5. The Bertz CT molecular complexity index is 990. The number of anilines is 1. The Morgan fingerprint density at radius 1 is 1.20 bits per heavy atom. The van der Waals surface area contributed by atoms with E-state index in [1.54, 1.807) is 35.3 Å². The lowest BCUT2D eigenvalue weighted by molar-refractivity contribution is -0.121. The van der Waals surface area contributed by atoms with E-state index in [9.17, 15) is 9.18 Å². The first-order valence-corrected chi connectivity index (χ1v) is 9.67. The molecule has 0 saturated carbocycles. The van der Waals surface area contributed by atoms with E-state index in [1.165, 1.54) is 13.2 Å². The van der Waals surface area contributed by atoms with Crippen LogP contribution in [-0.2, 0) is 11.3 Å². The molecule has 30 heavy (non-hydrogen) atoms. The minimum absolute atomic E-state index is 0.0910. The van der Waals surface area contributed by atoms with Crippen molar-refractivity contribution in [2.24, 2.45) is 0 Å². The molecule has 0 atom stereocenters. The monoisotopic (exact) mass is 412 g/mol. The molecule has 0 spiro atoms. The summed E-state index contributed by atoms with van der Waals surface area (Å²) in [7, 11) is 1.42. The summed E-state index contributed by atoms with van der Waals surface area (Å²) in [6.45, 7) is 5.09. The van der Waals surface area contributed by atoms with Crippen molar-refractivity contribution in [3.63, 3.8) is 0 Å². The van der Waals surface area contributed by atoms with E-state index in [-0.39, 0.29) is 24.1 Å². The summed E-state index contributed by atoms with van der Waals surface area (Å²) >= 11 is 0. The Morgan fingerprint density at radius 3 is 2.67 bits per heavy atom. The highest BCUT2D eigenvalue weighted by Crippen LogP contribution is 2.28. The highest BCUT2D eigenvalue weighted by molar-refractivity contribution is 5.76. The van der Waals surface area contributed by atoms with Gasteiger partial charge >= 0.3 is 0 Å². The average molecular weight is 412 g/mol. The Balaban J connectivity index is 1.64. The largest absolute Gasteiger partial charge is 0.494 e. The van der Waals surface area contributed by atoms with E-state index in [0.717, 1.165) is 11.3 Å². The fourth-order valence-corrected chi connectivity index (χ4v) is 2.94. The van der Waals surface area contributed by atoms with E-state index < -0.39 is 5.82 Å². The molecular formula is C21H25FN6O2. The number of halogens is 1. The summed E-state index contributed by atoms with van der Waals surface area (Å²) in [5.41, 5.74) is 2.30. The molecule has 8 nitrogen and oxygen atoms in total. The molecule has 3 aromatic rings. The van der Waals surface area contributed by atoms with Gasteiger partial charge in [0.15, 0.2) is 11.6 Å². The first-order valence-electron chi connectivity index (χ1n) is 9.67. The Morgan fingerprint density at radius 2 is 1.97 bits per heavy atom. The Hall–Kier alpha value is -3.49. The number of carbonyl (C=O) groups is 1. The molecule has 158 valence electrons. The van der Waals surface area contributed by atoms with Crippen molar-refractivity contribution in [1.82, 2.24) is 25.1 Å². The zero-order chi connectivity index (χ0) is 21.5. The molecule has 0 radical (unpaired) electrons. The van der Waals surface area contributed by atoms with Crippen LogP contribution in [0.5, 0.6) is 5.75 Å². The molecule has 1 amide bonds. The number of hydrogen-bond acceptors (Lipinski definition) is 6. The van der Waals surface area contributed by atoms with Crippen molar-refractivity contribution < 1.29 is 13.9 Å². The van der Waals surface area contributed by atoms with E-state index in [4.69, 9.17) is 4.74 Å². The third kappa shape index (κ3) is 5.31. The molecule has 0 aliphatic heterocycles. The first-order chi connectivity index (χ1) is 14.5. The average Bonchev–Trinajstić information content (AvgIpc) is 3.16. The highest BCUT2D eigenvalue weighted by atomic mass is 19.1. The fourth-order valence-electron chi connectivity index (χ4n) is 2.94. The molecule has 0 saturated heterocycles. The first kappa shape index (κ1) is 21.2. The van der Waals surface area contributed by atoms with E-state index in [1.807, 2.05) is 19.9 Å². The number of methoxy groups -OCH3 is 1. The smallest absolute Gasteiger partial charge is 0.241 e. The summed E-state index contributed by atoms with van der Waals surface area (Å²) in [6, 6.07) is 8.24. The van der Waals surface area contributed by atoms with Gasteiger partial charge in [-0.15, -0.1) is 0 Å². The van der Waals surface area contributed by atoms with Crippen LogP contribution in [-0.4, -0.2) is 45.9 Å². The lowest BCUT2D eigenvalue weighted by atomic mass is 10.1. The highest BCUT2D eigenvalue weighted by Gasteiger charge is 2.16. The van der Waals surface area contributed by atoms with Gasteiger partial charge in [0.2, 0.25) is 11.9 Å². The standard InChI is InChI=1S/C21H25FN6O2/c1-14(2)18-12-17(15-5-6-16(22)19(11-15)30-3)27-28(18)13-20(29)23-9-10-26-21-24-7-4-8-25-21/h4-8,11-12,14H,9-10,13H2,1-3H3,(H,23,29)(H,24,25,26). The Kier molecular flexibility index (Phi) is 6.95. The van der Waals surface area contributed by atoms with Crippen molar-refractivity contribution in [2.75, 3.05) is 25.5 Å². The van der Waals surface area contributed by atoms with Crippen molar-refractivity contribution >= 4 is 11.9 Å². The molecule has 0 aliphatic rings. The maximum atomic E-state index is 13.7. The summed E-state index contributed by atoms with van der Waals surface area (Å²) in [5, 5.41) is 10.5. The summed E-state index contributed by atoms with van der Waals surface area (Å²) < 4.78 is 20.4. The normalized spacial score (nSPS) is 10.8. The number of ether oxygens (including phenoxy) is 1. The lowest BCUT2D eigenvalue weighted by Gasteiger charge is -2.10. The van der Waals surface area contributed by atoms with Crippen LogP contribution >= 0.6 is 0 Å². The summed E-state index contributed by atoms with van der Waals surface area (Å²) in [5.74, 6) is 0.247. The molecular weight excluding hydrogens is 387 g/mol. The molecule has 0 bridgehead atoms. The van der Waals surface area contributed by atoms with Gasteiger partial charge in [-0.25, -0.2) is 14.4 Å². The number of amides is 1. The van der Waals surface area contributed by atoms with Crippen LogP contribution in [0.3, 0.4) is 0 Å². The van der Waals surface area contributed by atoms with Crippen molar-refractivity contribution in [3.8, 4) is 17.0 Å². The van der Waals surface area contributed by atoms with Gasteiger partial charge in [0.05, 0.1) is 12.8 Å². The van der Waals surface area contributed by atoms with Crippen LogP contribution in [0.1, 0.15) is 25.5 Å². The predicted octanol–water partition coefficient (Wildman–Crippen LogP) is 2.84. The number of benzene rings is 1. The number of nitrogens with zero attached hydrogens (tertiary/aromatic N) is 4. The maximum absolute atomic E-state index is 13.7. The van der Waals surface area contributed by atoms with Crippen molar-refractivity contribution in [1.29, 1.82) is 0 Å². The van der Waals surface area contributed by atoms with Crippen LogP contribution in [0, 0.1) is 5.82 Å². The van der Waals surface area contributed by atoms with Crippen molar-refractivity contribution in [3.05, 3.63) is 54.2 Å². The molecule has 3 rings (SSSR count). The molecule has 0 fully saturated rings.